The molecule has 0 aromatic rings. The first kappa shape index (κ1) is 30.2. The smallest absolute Gasteiger partial charge is 0.472 e. The lowest BCUT2D eigenvalue weighted by atomic mass is 10.0. The third-order valence-electron chi connectivity index (χ3n) is 5.24. The van der Waals surface area contributed by atoms with Gasteiger partial charge in [0.25, 0.3) is 0 Å². The normalized spacial score (nSPS) is 17.5. The van der Waals surface area contributed by atoms with Crippen LogP contribution in [0.2, 0.25) is 0 Å². The van der Waals surface area contributed by atoms with E-state index in [1.54, 1.807) is 0 Å². The quantitative estimate of drug-likeness (QED) is 0.0740. The van der Waals surface area contributed by atoms with Crippen LogP contribution < -0.4 is 5.73 Å². The van der Waals surface area contributed by atoms with Crippen molar-refractivity contribution in [2.24, 2.45) is 5.73 Å². The number of phosphoric acid groups is 1. The number of nitrogens with two attached hydrogens (primary N) is 1. The maximum absolute atomic E-state index is 11.8. The van der Waals surface area contributed by atoms with Crippen LogP contribution in [-0.2, 0) is 27.9 Å². The Hall–Kier alpha value is -1.03. The lowest BCUT2D eigenvalue weighted by Crippen LogP contribution is -2.34. The average molecular weight is 530 g/mol. The third kappa shape index (κ3) is 23.1. The predicted molar refractivity (Wildman–Crippen MR) is 134 cm³/mol. The summed E-state index contributed by atoms with van der Waals surface area (Å²) in [6.07, 6.45) is 11.1. The van der Waals surface area contributed by atoms with E-state index in [9.17, 15) is 24.2 Å². The second-order valence-corrected chi connectivity index (χ2v) is 10.1. The number of ether oxygens (including phenoxy) is 1. The molecule has 0 amide bonds. The second kappa shape index (κ2) is 22.2. The molecule has 0 aromatic heterocycles. The largest absolute Gasteiger partial charge is 0.480 e. The van der Waals surface area contributed by atoms with Gasteiger partial charge in [-0.1, -0.05) is 96.8 Å². The Bertz CT molecular complexity index is 660. The van der Waals surface area contributed by atoms with Gasteiger partial charge in [-0.05, 0) is 6.42 Å². The standard InChI is InChI=1S/C24H48NO9P/c1-2-3-4-5-6-7-8-9-10-11-12-13-14-15-16-17-23(27)32-18-21(26)19-33-35(30,31)34-20-22(25)24(28)29/h21-22,26H,2-20,25H2,1H3,(H,28,29)(H,30,31)/t21-,22+/m1/s1/i9T,10T/t9-,10+,21+,22-/m0. The summed E-state index contributed by atoms with van der Waals surface area (Å²) in [6, 6.07) is -1.50. The Labute approximate surface area is 213 Å². The number of aliphatic carboxylic acids is 1. The molecule has 0 spiro atoms. The zero-order valence-corrected chi connectivity index (χ0v) is 22.0. The summed E-state index contributed by atoms with van der Waals surface area (Å²) in [7, 11) is -4.61. The summed E-state index contributed by atoms with van der Waals surface area (Å²) in [4.78, 5) is 31.8. The molecule has 35 heavy (non-hydrogen) atoms. The van der Waals surface area contributed by atoms with Crippen LogP contribution in [0.4, 0.5) is 0 Å². The van der Waals surface area contributed by atoms with E-state index in [2.05, 4.69) is 16.0 Å². The number of carbonyl (C=O) groups is 2. The SMILES string of the molecule is [3H][C@@H](CCCCCCCC)[C@@H]([3H])CCCCCCCC(=O)OC[C@@H](O)COP(=O)(O)OC[C@H](N)C(=O)O. The van der Waals surface area contributed by atoms with E-state index in [0.717, 1.165) is 51.4 Å². The highest BCUT2D eigenvalue weighted by atomic mass is 31.2. The van der Waals surface area contributed by atoms with Gasteiger partial charge in [0.2, 0.25) is 0 Å². The van der Waals surface area contributed by atoms with E-state index < -0.39 is 51.7 Å². The molecule has 0 bridgehead atoms. The first-order chi connectivity index (χ1) is 17.5. The van der Waals surface area contributed by atoms with Crippen molar-refractivity contribution < 1.29 is 45.8 Å². The van der Waals surface area contributed by atoms with Crippen LogP contribution in [0.25, 0.3) is 0 Å². The topological polar surface area (TPSA) is 166 Å². The van der Waals surface area contributed by atoms with Gasteiger partial charge < -0.3 is 25.6 Å². The molecule has 0 rings (SSSR count). The maximum Gasteiger partial charge on any atom is 0.472 e. The molecule has 0 fully saturated rings. The van der Waals surface area contributed by atoms with Crippen LogP contribution in [0.15, 0.2) is 0 Å². The van der Waals surface area contributed by atoms with Gasteiger partial charge in [0.1, 0.15) is 18.8 Å². The first-order valence-electron chi connectivity index (χ1n) is 13.9. The maximum atomic E-state index is 11.8. The van der Waals surface area contributed by atoms with E-state index in [1.165, 1.54) is 25.7 Å². The predicted octanol–water partition coefficient (Wildman–Crippen LogP) is 4.70. The number of aliphatic hydroxyl groups excluding tert-OH is 1. The number of esters is 1. The van der Waals surface area contributed by atoms with Crippen molar-refractivity contribution in [3.63, 3.8) is 0 Å². The minimum absolute atomic E-state index is 0.177. The summed E-state index contributed by atoms with van der Waals surface area (Å²) in [6.45, 7) is 0.365. The van der Waals surface area contributed by atoms with Crippen LogP contribution >= 0.6 is 7.82 Å². The molecule has 0 radical (unpaired) electrons. The van der Waals surface area contributed by atoms with Gasteiger partial charge >= 0.3 is 19.8 Å². The zero-order valence-electron chi connectivity index (χ0n) is 23.1. The Balaban J connectivity index is 3.74. The third-order valence-corrected chi connectivity index (χ3v) is 6.19. The summed E-state index contributed by atoms with van der Waals surface area (Å²) in [5.41, 5.74) is 5.15. The second-order valence-electron chi connectivity index (χ2n) is 8.68. The molecule has 0 saturated carbocycles. The van der Waals surface area contributed by atoms with Gasteiger partial charge in [-0.3, -0.25) is 18.6 Å². The number of rotatable bonds is 25. The molecule has 0 heterocycles. The fourth-order valence-corrected chi connectivity index (χ4v) is 3.90. The number of carboxylic acids is 1. The van der Waals surface area contributed by atoms with Crippen LogP contribution in [0, 0.1) is 0 Å². The van der Waals surface area contributed by atoms with E-state index in [1.807, 2.05) is 0 Å². The van der Waals surface area contributed by atoms with Gasteiger partial charge in [0.05, 0.1) is 13.2 Å². The van der Waals surface area contributed by atoms with Crippen molar-refractivity contribution in [3.8, 4) is 0 Å². The Morgan fingerprint density at radius 3 is 1.89 bits per heavy atom. The molecule has 0 aliphatic carbocycles. The Kier molecular flexibility index (Phi) is 19.1. The highest BCUT2D eigenvalue weighted by Crippen LogP contribution is 2.43. The Morgan fingerprint density at radius 2 is 1.34 bits per heavy atom. The molecule has 0 aromatic carbocycles. The summed E-state index contributed by atoms with van der Waals surface area (Å²) in [5.74, 6) is -1.92. The minimum Gasteiger partial charge on any atom is -0.480 e. The molecule has 1 unspecified atom stereocenters. The number of hydrogen-bond acceptors (Lipinski definition) is 8. The van der Waals surface area contributed by atoms with Crippen LogP contribution in [-0.4, -0.2) is 59.0 Å². The fraction of sp³-hybridized carbons (Fsp3) is 0.917. The fourth-order valence-electron chi connectivity index (χ4n) is 3.11. The molecule has 5 N–H and O–H groups in total. The van der Waals surface area contributed by atoms with Crippen LogP contribution in [0.3, 0.4) is 0 Å². The van der Waals surface area contributed by atoms with Gasteiger partial charge in [-0.15, -0.1) is 0 Å². The molecule has 0 aliphatic rings. The highest BCUT2D eigenvalue weighted by molar-refractivity contribution is 7.47. The van der Waals surface area contributed by atoms with E-state index in [0.29, 0.717) is 6.42 Å². The van der Waals surface area contributed by atoms with Crippen LogP contribution in [0.1, 0.15) is 112 Å². The van der Waals surface area contributed by atoms with Gasteiger partial charge in [0.15, 0.2) is 0 Å². The van der Waals surface area contributed by atoms with Crippen molar-refractivity contribution in [3.05, 3.63) is 0 Å². The number of aliphatic hydroxyl groups is 1. The molecular formula is C24H48NO9P. The van der Waals surface area contributed by atoms with Crippen LogP contribution in [0.5, 0.6) is 0 Å². The monoisotopic (exact) mass is 529 g/mol. The van der Waals surface area contributed by atoms with Gasteiger partial charge in [0, 0.05) is 9.16 Å². The van der Waals surface area contributed by atoms with E-state index in [4.69, 9.17) is 18.3 Å². The number of carboxylic acid groups (broad SMARTS) is 1. The summed E-state index contributed by atoms with van der Waals surface area (Å²) >= 11 is 0. The first-order valence-corrected chi connectivity index (χ1v) is 14.3. The molecular weight excluding hydrogens is 477 g/mol. The van der Waals surface area contributed by atoms with Crippen molar-refractivity contribution in [1.29, 1.82) is 0 Å². The van der Waals surface area contributed by atoms with Crippen molar-refractivity contribution in [2.45, 2.75) is 122 Å². The van der Waals surface area contributed by atoms with Gasteiger partial charge in [-0.25, -0.2) is 4.57 Å². The van der Waals surface area contributed by atoms with E-state index in [-0.39, 0.29) is 19.2 Å². The van der Waals surface area contributed by atoms with Gasteiger partial charge in [-0.2, -0.15) is 0 Å². The van der Waals surface area contributed by atoms with Crippen molar-refractivity contribution in [2.75, 3.05) is 19.8 Å². The molecule has 0 saturated heterocycles. The lowest BCUT2D eigenvalue weighted by Gasteiger charge is -2.16. The zero-order chi connectivity index (χ0) is 28.1. The summed E-state index contributed by atoms with van der Waals surface area (Å²) in [5, 5.41) is 18.3. The number of hydrogen-bond donors (Lipinski definition) is 4. The minimum atomic E-state index is -4.61. The molecule has 5 atom stereocenters. The number of phosphoric ester groups is 1. The van der Waals surface area contributed by atoms with Crippen molar-refractivity contribution >= 4 is 19.8 Å². The number of carbonyl (C=O) groups excluding carboxylic acids is 1. The summed E-state index contributed by atoms with van der Waals surface area (Å²) < 4.78 is 41.8. The number of unbranched alkanes of at least 4 members (excludes halogenated alkanes) is 9. The molecule has 11 heteroatoms. The Morgan fingerprint density at radius 1 is 0.857 bits per heavy atom. The molecule has 10 nitrogen and oxygen atoms in total. The molecule has 208 valence electrons. The van der Waals surface area contributed by atoms with Crippen molar-refractivity contribution in [1.82, 2.24) is 0 Å². The van der Waals surface area contributed by atoms with E-state index >= 15 is 0 Å². The molecule has 0 aliphatic heterocycles. The lowest BCUT2D eigenvalue weighted by molar-refractivity contribution is -0.147. The highest BCUT2D eigenvalue weighted by Gasteiger charge is 2.26. The average Bonchev–Trinajstić information content (AvgIpc) is 2.85.